The summed E-state index contributed by atoms with van der Waals surface area (Å²) in [7, 11) is 0. The number of hydrogen-bond acceptors (Lipinski definition) is 6. The van der Waals surface area contributed by atoms with Crippen molar-refractivity contribution in [1.29, 1.82) is 0 Å². The molecule has 0 aliphatic carbocycles. The highest BCUT2D eigenvalue weighted by molar-refractivity contribution is 5.95. The van der Waals surface area contributed by atoms with Gasteiger partial charge in [0.2, 0.25) is 11.9 Å². The summed E-state index contributed by atoms with van der Waals surface area (Å²) in [5.41, 5.74) is 1.43. The number of fused-ring (bicyclic) bond motifs is 1. The van der Waals surface area contributed by atoms with Gasteiger partial charge >= 0.3 is 0 Å². The number of anilines is 2. The van der Waals surface area contributed by atoms with Crippen LogP contribution in [-0.4, -0.2) is 25.6 Å². The number of aromatic nitrogens is 3. The standard InChI is InChI=1S/C25H19FN6O3/c1-15-21(24(33)28-17-9-3-2-4-10-17)22(19-12-5-6-13-20(19)26)31-25(27-15)29-23(30-31)16-8-7-11-18(14-16)32(34)35/h2-14,21-22H,1H2,(H,28,33)(H,27,29,30)/t21-,22+/m0/s1. The molecular formula is C25H19FN6O3. The van der Waals surface area contributed by atoms with Gasteiger partial charge in [-0.25, -0.2) is 9.07 Å². The molecule has 9 nitrogen and oxygen atoms in total. The Morgan fingerprint density at radius 3 is 2.57 bits per heavy atom. The number of carbonyl (C=O) groups excluding carboxylic acids is 1. The molecule has 10 heteroatoms. The minimum atomic E-state index is -0.931. The first kappa shape index (κ1) is 22.0. The van der Waals surface area contributed by atoms with Gasteiger partial charge in [0.05, 0.1) is 4.92 Å². The van der Waals surface area contributed by atoms with E-state index >= 15 is 4.39 Å². The van der Waals surface area contributed by atoms with Crippen molar-refractivity contribution in [1.82, 2.24) is 14.8 Å². The smallest absolute Gasteiger partial charge is 0.270 e. The van der Waals surface area contributed by atoms with Crippen LogP contribution in [0.3, 0.4) is 0 Å². The van der Waals surface area contributed by atoms with E-state index in [1.165, 1.54) is 28.9 Å². The van der Waals surface area contributed by atoms with E-state index in [1.54, 1.807) is 48.5 Å². The molecule has 1 aliphatic heterocycles. The molecule has 0 radical (unpaired) electrons. The van der Waals surface area contributed by atoms with Crippen molar-refractivity contribution in [2.24, 2.45) is 5.92 Å². The minimum Gasteiger partial charge on any atom is -0.328 e. The Hall–Kier alpha value is -4.86. The molecule has 3 aromatic carbocycles. The van der Waals surface area contributed by atoms with Crippen LogP contribution >= 0.6 is 0 Å². The van der Waals surface area contributed by atoms with Gasteiger partial charge in [-0.15, -0.1) is 5.10 Å². The Morgan fingerprint density at radius 1 is 1.09 bits per heavy atom. The average molecular weight is 470 g/mol. The zero-order chi connectivity index (χ0) is 24.5. The number of nitrogens with zero attached hydrogens (tertiary/aromatic N) is 4. The fraction of sp³-hybridized carbons (Fsp3) is 0.0800. The normalized spacial score (nSPS) is 16.8. The van der Waals surface area contributed by atoms with Crippen LogP contribution in [0.4, 0.5) is 21.7 Å². The Kier molecular flexibility index (Phi) is 5.54. The first-order valence-corrected chi connectivity index (χ1v) is 10.7. The molecule has 0 saturated heterocycles. The summed E-state index contributed by atoms with van der Waals surface area (Å²) in [5.74, 6) is -1.41. The molecule has 35 heavy (non-hydrogen) atoms. The van der Waals surface area contributed by atoms with E-state index in [4.69, 9.17) is 0 Å². The van der Waals surface area contributed by atoms with E-state index in [9.17, 15) is 14.9 Å². The van der Waals surface area contributed by atoms with Crippen molar-refractivity contribution in [3.63, 3.8) is 0 Å². The maximum absolute atomic E-state index is 15.0. The molecule has 0 fully saturated rings. The molecule has 5 rings (SSSR count). The van der Waals surface area contributed by atoms with Gasteiger partial charge in [0.25, 0.3) is 5.69 Å². The molecule has 1 aliphatic rings. The summed E-state index contributed by atoms with van der Waals surface area (Å²) in [6.45, 7) is 4.02. The molecule has 174 valence electrons. The van der Waals surface area contributed by atoms with Crippen molar-refractivity contribution >= 4 is 23.2 Å². The Bertz CT molecular complexity index is 1450. The Labute approximate surface area is 199 Å². The van der Waals surface area contributed by atoms with Crippen molar-refractivity contribution in [2.75, 3.05) is 10.6 Å². The fourth-order valence-corrected chi connectivity index (χ4v) is 4.11. The largest absolute Gasteiger partial charge is 0.328 e. The lowest BCUT2D eigenvalue weighted by atomic mass is 9.88. The highest BCUT2D eigenvalue weighted by Gasteiger charge is 2.41. The van der Waals surface area contributed by atoms with Gasteiger partial charge in [-0.3, -0.25) is 14.9 Å². The Morgan fingerprint density at radius 2 is 1.83 bits per heavy atom. The number of rotatable bonds is 5. The Balaban J connectivity index is 1.61. The van der Waals surface area contributed by atoms with E-state index in [0.29, 0.717) is 16.9 Å². The summed E-state index contributed by atoms with van der Waals surface area (Å²) in [5, 5.41) is 21.6. The third kappa shape index (κ3) is 4.12. The summed E-state index contributed by atoms with van der Waals surface area (Å²) < 4.78 is 16.4. The molecule has 1 aromatic heterocycles. The number of carbonyl (C=O) groups is 1. The van der Waals surface area contributed by atoms with Crippen LogP contribution in [0.2, 0.25) is 0 Å². The van der Waals surface area contributed by atoms with Gasteiger partial charge in [0.15, 0.2) is 5.82 Å². The molecule has 4 aromatic rings. The number of benzene rings is 3. The van der Waals surface area contributed by atoms with Crippen molar-refractivity contribution in [2.45, 2.75) is 6.04 Å². The molecule has 1 amide bonds. The molecule has 0 saturated carbocycles. The third-order valence-electron chi connectivity index (χ3n) is 5.72. The maximum Gasteiger partial charge on any atom is 0.270 e. The fourth-order valence-electron chi connectivity index (χ4n) is 4.11. The van der Waals surface area contributed by atoms with E-state index in [0.717, 1.165) is 0 Å². The molecule has 2 heterocycles. The first-order valence-electron chi connectivity index (χ1n) is 10.7. The van der Waals surface area contributed by atoms with Crippen molar-refractivity contribution in [3.8, 4) is 11.4 Å². The van der Waals surface area contributed by atoms with Crippen LogP contribution in [0.25, 0.3) is 11.4 Å². The summed E-state index contributed by atoms with van der Waals surface area (Å²) >= 11 is 0. The number of halogens is 1. The van der Waals surface area contributed by atoms with Crippen LogP contribution in [0.5, 0.6) is 0 Å². The van der Waals surface area contributed by atoms with Crippen LogP contribution < -0.4 is 10.6 Å². The lowest BCUT2D eigenvalue weighted by Crippen LogP contribution is -2.40. The number of nitro groups is 1. The molecule has 2 N–H and O–H groups in total. The van der Waals surface area contributed by atoms with Gasteiger partial charge in [-0.1, -0.05) is 55.1 Å². The van der Waals surface area contributed by atoms with Crippen LogP contribution in [-0.2, 0) is 4.79 Å². The monoisotopic (exact) mass is 470 g/mol. The van der Waals surface area contributed by atoms with E-state index in [2.05, 4.69) is 27.3 Å². The molecule has 0 spiro atoms. The highest BCUT2D eigenvalue weighted by atomic mass is 19.1. The van der Waals surface area contributed by atoms with Crippen molar-refractivity contribution in [3.05, 3.63) is 113 Å². The second-order valence-corrected chi connectivity index (χ2v) is 7.96. The summed E-state index contributed by atoms with van der Waals surface area (Å²) in [6.07, 6.45) is 0. The van der Waals surface area contributed by atoms with Gasteiger partial charge in [0, 0.05) is 34.6 Å². The van der Waals surface area contributed by atoms with Gasteiger partial charge in [-0.2, -0.15) is 4.98 Å². The number of nitrogens with one attached hydrogen (secondary N) is 2. The molecule has 2 atom stereocenters. The SMILES string of the molecule is C=C1Nc2nc(-c3cccc([N+](=O)[O-])c3)nn2[C@H](c2ccccc2F)[C@H]1C(=O)Nc1ccccc1. The molecule has 0 bridgehead atoms. The predicted molar refractivity (Wildman–Crippen MR) is 128 cm³/mol. The van der Waals surface area contributed by atoms with E-state index in [1.807, 2.05) is 6.07 Å². The molecule has 0 unspecified atom stereocenters. The number of nitro benzene ring substituents is 1. The second-order valence-electron chi connectivity index (χ2n) is 7.96. The van der Waals surface area contributed by atoms with Gasteiger partial charge < -0.3 is 10.6 Å². The van der Waals surface area contributed by atoms with Crippen LogP contribution in [0.15, 0.2) is 91.1 Å². The van der Waals surface area contributed by atoms with Crippen LogP contribution in [0.1, 0.15) is 11.6 Å². The van der Waals surface area contributed by atoms with E-state index in [-0.39, 0.29) is 23.0 Å². The summed E-state index contributed by atoms with van der Waals surface area (Å²) in [6, 6.07) is 20.0. The zero-order valence-electron chi connectivity index (χ0n) is 18.3. The predicted octanol–water partition coefficient (Wildman–Crippen LogP) is 4.78. The molecular weight excluding hydrogens is 451 g/mol. The highest BCUT2D eigenvalue weighted by Crippen LogP contribution is 2.40. The minimum absolute atomic E-state index is 0.113. The van der Waals surface area contributed by atoms with Crippen LogP contribution in [0, 0.1) is 21.8 Å². The first-order chi connectivity index (χ1) is 16.9. The quantitative estimate of drug-likeness (QED) is 0.321. The zero-order valence-corrected chi connectivity index (χ0v) is 18.3. The number of hydrogen-bond donors (Lipinski definition) is 2. The maximum atomic E-state index is 15.0. The average Bonchev–Trinajstić information content (AvgIpc) is 3.28. The van der Waals surface area contributed by atoms with E-state index < -0.39 is 28.6 Å². The lowest BCUT2D eigenvalue weighted by Gasteiger charge is -2.33. The van der Waals surface area contributed by atoms with Gasteiger partial charge in [-0.05, 0) is 18.2 Å². The number of non-ortho nitro benzene ring substituents is 1. The number of para-hydroxylation sites is 1. The summed E-state index contributed by atoms with van der Waals surface area (Å²) in [4.78, 5) is 28.6. The number of amides is 1. The van der Waals surface area contributed by atoms with Gasteiger partial charge in [0.1, 0.15) is 17.8 Å². The lowest BCUT2D eigenvalue weighted by molar-refractivity contribution is -0.384. The topological polar surface area (TPSA) is 115 Å². The second kappa shape index (κ2) is 8.82. The third-order valence-corrected chi connectivity index (χ3v) is 5.72. The van der Waals surface area contributed by atoms with Crippen molar-refractivity contribution < 1.29 is 14.1 Å².